The molecule has 4 rings (SSSR count). The predicted molar refractivity (Wildman–Crippen MR) is 110 cm³/mol. The number of ketones is 1. The number of carbonyl (C=O) groups is 1. The molecule has 2 heterocycles. The van der Waals surface area contributed by atoms with Gasteiger partial charge in [0.2, 0.25) is 0 Å². The number of rotatable bonds is 6. The summed E-state index contributed by atoms with van der Waals surface area (Å²) in [5.74, 6) is 1.01. The second-order valence-electron chi connectivity index (χ2n) is 7.32. The first kappa shape index (κ1) is 17.4. The summed E-state index contributed by atoms with van der Waals surface area (Å²) in [7, 11) is 0. The van der Waals surface area contributed by atoms with Crippen molar-refractivity contribution in [3.8, 4) is 0 Å². The first-order chi connectivity index (χ1) is 12.8. The van der Waals surface area contributed by atoms with E-state index in [4.69, 9.17) is 0 Å². The quantitative estimate of drug-likeness (QED) is 0.518. The van der Waals surface area contributed by atoms with Crippen molar-refractivity contribution in [3.63, 3.8) is 0 Å². The zero-order valence-corrected chi connectivity index (χ0v) is 15.9. The van der Waals surface area contributed by atoms with Crippen LogP contribution in [0, 0.1) is 5.92 Å². The molecule has 0 aliphatic carbocycles. The topological polar surface area (TPSA) is 20.3 Å². The summed E-state index contributed by atoms with van der Waals surface area (Å²) >= 11 is 1.64. The summed E-state index contributed by atoms with van der Waals surface area (Å²) in [5.41, 5.74) is 1.39. The molecule has 1 aliphatic rings. The van der Waals surface area contributed by atoms with Gasteiger partial charge in [-0.15, -0.1) is 11.3 Å². The van der Waals surface area contributed by atoms with Crippen molar-refractivity contribution >= 4 is 27.2 Å². The third-order valence-electron chi connectivity index (χ3n) is 5.44. The Labute approximate surface area is 159 Å². The SMILES string of the molecule is O=C(CCC1CCN(Cc2ccccc2)CC1)c1cc2ccccc2s1. The van der Waals surface area contributed by atoms with Crippen molar-refractivity contribution in [3.05, 3.63) is 71.1 Å². The Morgan fingerprint density at radius 2 is 1.73 bits per heavy atom. The molecule has 0 atom stereocenters. The van der Waals surface area contributed by atoms with Gasteiger partial charge in [0.25, 0.3) is 0 Å². The zero-order valence-electron chi connectivity index (χ0n) is 15.1. The standard InChI is InChI=1S/C23H25NOS/c25-21(23-16-20-8-4-5-9-22(20)26-23)11-10-18-12-14-24(15-13-18)17-19-6-2-1-3-7-19/h1-9,16,18H,10-15,17H2. The van der Waals surface area contributed by atoms with Crippen LogP contribution >= 0.6 is 11.3 Å². The molecule has 1 saturated heterocycles. The second kappa shape index (κ2) is 8.15. The Morgan fingerprint density at radius 3 is 2.50 bits per heavy atom. The van der Waals surface area contributed by atoms with Gasteiger partial charge >= 0.3 is 0 Å². The fraction of sp³-hybridized carbons (Fsp3) is 0.348. The van der Waals surface area contributed by atoms with Crippen LogP contribution in [0.4, 0.5) is 0 Å². The molecule has 0 bridgehead atoms. The maximum atomic E-state index is 12.6. The van der Waals surface area contributed by atoms with Crippen LogP contribution in [0.2, 0.25) is 0 Å². The van der Waals surface area contributed by atoms with E-state index in [1.165, 1.54) is 28.5 Å². The molecule has 0 unspecified atom stereocenters. The number of nitrogens with zero attached hydrogens (tertiary/aromatic N) is 1. The van der Waals surface area contributed by atoms with Gasteiger partial charge in [-0.2, -0.15) is 0 Å². The Morgan fingerprint density at radius 1 is 1.00 bits per heavy atom. The molecule has 3 aromatic rings. The minimum Gasteiger partial charge on any atom is -0.299 e. The van der Waals surface area contributed by atoms with E-state index < -0.39 is 0 Å². The Balaban J connectivity index is 1.25. The molecule has 2 nitrogen and oxygen atoms in total. The molecule has 2 aromatic carbocycles. The minimum atomic E-state index is 0.318. The van der Waals surface area contributed by atoms with E-state index in [0.29, 0.717) is 18.1 Å². The minimum absolute atomic E-state index is 0.318. The summed E-state index contributed by atoms with van der Waals surface area (Å²) in [6, 6.07) is 21.0. The number of hydrogen-bond donors (Lipinski definition) is 0. The van der Waals surface area contributed by atoms with Gasteiger partial charge in [0.05, 0.1) is 4.88 Å². The number of hydrogen-bond acceptors (Lipinski definition) is 3. The third kappa shape index (κ3) is 4.22. The fourth-order valence-corrected chi connectivity index (χ4v) is 4.88. The lowest BCUT2D eigenvalue weighted by atomic mass is 9.91. The van der Waals surface area contributed by atoms with Gasteiger partial charge in [-0.25, -0.2) is 0 Å². The van der Waals surface area contributed by atoms with Gasteiger partial charge in [-0.1, -0.05) is 48.5 Å². The third-order valence-corrected chi connectivity index (χ3v) is 6.59. The van der Waals surface area contributed by atoms with Crippen LogP contribution in [-0.2, 0) is 6.54 Å². The maximum Gasteiger partial charge on any atom is 0.172 e. The monoisotopic (exact) mass is 363 g/mol. The van der Waals surface area contributed by atoms with Gasteiger partial charge in [0.15, 0.2) is 5.78 Å². The molecule has 0 N–H and O–H groups in total. The van der Waals surface area contributed by atoms with Crippen molar-refractivity contribution < 1.29 is 4.79 Å². The van der Waals surface area contributed by atoms with Crippen molar-refractivity contribution in [2.24, 2.45) is 5.92 Å². The summed E-state index contributed by atoms with van der Waals surface area (Å²) in [6.07, 6.45) is 4.15. The molecule has 1 fully saturated rings. The van der Waals surface area contributed by atoms with Gasteiger partial charge in [-0.05, 0) is 61.4 Å². The van der Waals surface area contributed by atoms with Crippen LogP contribution in [-0.4, -0.2) is 23.8 Å². The highest BCUT2D eigenvalue weighted by molar-refractivity contribution is 7.20. The van der Waals surface area contributed by atoms with Crippen LogP contribution in [0.1, 0.15) is 40.9 Å². The van der Waals surface area contributed by atoms with E-state index in [0.717, 1.165) is 30.9 Å². The van der Waals surface area contributed by atoms with E-state index in [9.17, 15) is 4.79 Å². The molecule has 134 valence electrons. The number of likely N-dealkylation sites (tertiary alicyclic amines) is 1. The lowest BCUT2D eigenvalue weighted by molar-refractivity contribution is 0.0965. The van der Waals surface area contributed by atoms with Gasteiger partial charge in [0, 0.05) is 17.7 Å². The smallest absolute Gasteiger partial charge is 0.172 e. The Bertz CT molecular complexity index is 829. The van der Waals surface area contributed by atoms with Crippen LogP contribution < -0.4 is 0 Å². The highest BCUT2D eigenvalue weighted by atomic mass is 32.1. The largest absolute Gasteiger partial charge is 0.299 e. The van der Waals surface area contributed by atoms with Crippen LogP contribution in [0.15, 0.2) is 60.7 Å². The molecule has 3 heteroatoms. The van der Waals surface area contributed by atoms with E-state index >= 15 is 0 Å². The highest BCUT2D eigenvalue weighted by Gasteiger charge is 2.20. The van der Waals surface area contributed by atoms with Crippen molar-refractivity contribution in [1.29, 1.82) is 0 Å². The number of piperidine rings is 1. The lowest BCUT2D eigenvalue weighted by Crippen LogP contribution is -2.33. The Hall–Kier alpha value is -1.97. The average Bonchev–Trinajstić information content (AvgIpc) is 3.12. The molecule has 26 heavy (non-hydrogen) atoms. The van der Waals surface area contributed by atoms with E-state index in [-0.39, 0.29) is 0 Å². The number of carbonyl (C=O) groups excluding carboxylic acids is 1. The number of thiophene rings is 1. The second-order valence-corrected chi connectivity index (χ2v) is 8.40. The van der Waals surface area contributed by atoms with Crippen molar-refractivity contribution in [2.75, 3.05) is 13.1 Å². The Kier molecular flexibility index (Phi) is 5.47. The molecule has 0 saturated carbocycles. The molecule has 0 spiro atoms. The lowest BCUT2D eigenvalue weighted by Gasteiger charge is -2.31. The first-order valence-electron chi connectivity index (χ1n) is 9.56. The van der Waals surface area contributed by atoms with Gasteiger partial charge in [-0.3, -0.25) is 9.69 Å². The summed E-state index contributed by atoms with van der Waals surface area (Å²) in [5, 5.41) is 1.19. The molecule has 0 radical (unpaired) electrons. The highest BCUT2D eigenvalue weighted by Crippen LogP contribution is 2.28. The molecular formula is C23H25NOS. The normalized spacial score (nSPS) is 16.2. The van der Waals surface area contributed by atoms with Gasteiger partial charge in [0.1, 0.15) is 0 Å². The van der Waals surface area contributed by atoms with E-state index in [1.807, 2.05) is 12.1 Å². The average molecular weight is 364 g/mol. The molecular weight excluding hydrogens is 338 g/mol. The number of benzene rings is 2. The van der Waals surface area contributed by atoms with Crippen molar-refractivity contribution in [1.82, 2.24) is 4.90 Å². The van der Waals surface area contributed by atoms with Crippen molar-refractivity contribution in [2.45, 2.75) is 32.2 Å². The zero-order chi connectivity index (χ0) is 17.8. The number of fused-ring (bicyclic) bond motifs is 1. The fourth-order valence-electron chi connectivity index (χ4n) is 3.85. The number of Topliss-reactive ketones (excluding diaryl/α,β-unsaturated/α-hetero) is 1. The predicted octanol–water partition coefficient (Wildman–Crippen LogP) is 5.78. The van der Waals surface area contributed by atoms with Crippen LogP contribution in [0.5, 0.6) is 0 Å². The van der Waals surface area contributed by atoms with Crippen LogP contribution in [0.25, 0.3) is 10.1 Å². The molecule has 1 aliphatic heterocycles. The maximum absolute atomic E-state index is 12.6. The molecule has 1 aromatic heterocycles. The van der Waals surface area contributed by atoms with Gasteiger partial charge < -0.3 is 0 Å². The van der Waals surface area contributed by atoms with E-state index in [2.05, 4.69) is 53.4 Å². The first-order valence-corrected chi connectivity index (χ1v) is 10.4. The molecule has 0 amide bonds. The summed E-state index contributed by atoms with van der Waals surface area (Å²) in [6.45, 7) is 3.35. The van der Waals surface area contributed by atoms with E-state index in [1.54, 1.807) is 11.3 Å². The summed E-state index contributed by atoms with van der Waals surface area (Å²) < 4.78 is 1.21. The van der Waals surface area contributed by atoms with Crippen LogP contribution in [0.3, 0.4) is 0 Å². The summed E-state index contributed by atoms with van der Waals surface area (Å²) in [4.78, 5) is 16.0.